The fraction of sp³-hybridized carbons (Fsp3) is 0.421. The number of rotatable bonds is 3. The molecule has 2 fully saturated rings. The summed E-state index contributed by atoms with van der Waals surface area (Å²) in [6, 6.07) is 5.84. The molecule has 0 spiro atoms. The highest BCUT2D eigenvalue weighted by Gasteiger charge is 2.26. The molecule has 2 aliphatic rings. The van der Waals surface area contributed by atoms with Crippen LogP contribution in [0.25, 0.3) is 22.3 Å². The van der Waals surface area contributed by atoms with E-state index in [4.69, 9.17) is 14.5 Å². The molecule has 9 nitrogen and oxygen atoms in total. The summed E-state index contributed by atoms with van der Waals surface area (Å²) in [4.78, 5) is 13.6. The fourth-order valence-corrected chi connectivity index (χ4v) is 3.76. The van der Waals surface area contributed by atoms with Crippen LogP contribution in [-0.4, -0.2) is 71.1 Å². The number of nitrogens with zero attached hydrogens (tertiary/aromatic N) is 5. The highest BCUT2D eigenvalue weighted by atomic mass is 16.6. The molecule has 28 heavy (non-hydrogen) atoms. The van der Waals surface area contributed by atoms with E-state index < -0.39 is 6.41 Å². The van der Waals surface area contributed by atoms with Crippen LogP contribution in [0.5, 0.6) is 0 Å². The number of aromatic nitrogens is 4. The van der Waals surface area contributed by atoms with E-state index in [-0.39, 0.29) is 0 Å². The fourth-order valence-electron chi connectivity index (χ4n) is 3.76. The second kappa shape index (κ2) is 7.34. The van der Waals surface area contributed by atoms with Crippen molar-refractivity contribution in [3.63, 3.8) is 0 Å². The number of nitrogens with one attached hydrogen (secondary N) is 1. The summed E-state index contributed by atoms with van der Waals surface area (Å²) < 4.78 is 11.0. The maximum atomic E-state index is 10.5. The smallest absolute Gasteiger partial charge is 0.237 e. The van der Waals surface area contributed by atoms with Gasteiger partial charge < -0.3 is 24.4 Å². The quantitative estimate of drug-likeness (QED) is 0.701. The number of pyridine rings is 2. The number of anilines is 2. The summed E-state index contributed by atoms with van der Waals surface area (Å²) >= 11 is 0. The molecule has 3 aromatic rings. The molecule has 3 aromatic heterocycles. The Balaban J connectivity index is 1.71. The minimum atomic E-state index is -0.972. The van der Waals surface area contributed by atoms with Gasteiger partial charge in [0.15, 0.2) is 0 Å². The van der Waals surface area contributed by atoms with E-state index in [0.717, 1.165) is 53.3 Å². The summed E-state index contributed by atoms with van der Waals surface area (Å²) in [5.41, 5.74) is 3.20. The van der Waals surface area contributed by atoms with Crippen LogP contribution in [0.2, 0.25) is 0 Å². The molecule has 1 unspecified atom stereocenters. The van der Waals surface area contributed by atoms with Gasteiger partial charge in [0.2, 0.25) is 6.41 Å². The molecule has 5 heterocycles. The van der Waals surface area contributed by atoms with Crippen LogP contribution in [0.3, 0.4) is 0 Å². The van der Waals surface area contributed by atoms with Crippen molar-refractivity contribution in [2.24, 2.45) is 0 Å². The van der Waals surface area contributed by atoms with E-state index in [1.54, 1.807) is 12.4 Å². The van der Waals surface area contributed by atoms with Crippen LogP contribution in [0.4, 0.5) is 11.5 Å². The average Bonchev–Trinajstić information content (AvgIpc) is 3.28. The first-order valence-corrected chi connectivity index (χ1v) is 9.50. The molecule has 0 saturated carbocycles. The molecule has 2 saturated heterocycles. The zero-order chi connectivity index (χ0) is 18.9. The van der Waals surface area contributed by atoms with Crippen molar-refractivity contribution in [3.05, 3.63) is 30.6 Å². The van der Waals surface area contributed by atoms with Crippen LogP contribution in [0.1, 0.15) is 6.42 Å². The van der Waals surface area contributed by atoms with Gasteiger partial charge in [0.1, 0.15) is 17.0 Å². The molecule has 9 heteroatoms. The molecule has 0 aliphatic carbocycles. The van der Waals surface area contributed by atoms with Crippen molar-refractivity contribution in [1.29, 1.82) is 0 Å². The summed E-state index contributed by atoms with van der Waals surface area (Å²) in [6.07, 6.45) is 3.34. The summed E-state index contributed by atoms with van der Waals surface area (Å²) in [5.74, 6) is 0.845. The SMILES string of the molecule is OC1OCCCN1c1cc(N2CCOCC2)nc2c(-c3ccn[nH]3)nccc12. The van der Waals surface area contributed by atoms with Crippen LogP contribution >= 0.6 is 0 Å². The van der Waals surface area contributed by atoms with E-state index in [1.165, 1.54) is 0 Å². The minimum absolute atomic E-state index is 0.554. The number of aliphatic hydroxyl groups is 1. The lowest BCUT2D eigenvalue weighted by molar-refractivity contribution is -0.115. The molecule has 1 atom stereocenters. The molecule has 5 rings (SSSR count). The van der Waals surface area contributed by atoms with Crippen molar-refractivity contribution >= 4 is 22.4 Å². The second-order valence-corrected chi connectivity index (χ2v) is 6.87. The van der Waals surface area contributed by atoms with E-state index in [1.807, 2.05) is 23.1 Å². The van der Waals surface area contributed by atoms with E-state index in [0.29, 0.717) is 26.4 Å². The lowest BCUT2D eigenvalue weighted by Gasteiger charge is -2.35. The third-order valence-electron chi connectivity index (χ3n) is 5.17. The van der Waals surface area contributed by atoms with E-state index in [2.05, 4.69) is 20.1 Å². The van der Waals surface area contributed by atoms with Crippen molar-refractivity contribution in [2.45, 2.75) is 12.8 Å². The predicted molar refractivity (Wildman–Crippen MR) is 104 cm³/mol. The van der Waals surface area contributed by atoms with Gasteiger partial charge in [-0.2, -0.15) is 5.10 Å². The zero-order valence-corrected chi connectivity index (χ0v) is 15.4. The Morgan fingerprint density at radius 2 is 2.00 bits per heavy atom. The molecule has 0 radical (unpaired) electrons. The van der Waals surface area contributed by atoms with Gasteiger partial charge in [-0.15, -0.1) is 0 Å². The Kier molecular flexibility index (Phi) is 4.55. The molecule has 0 aromatic carbocycles. The Hall–Kier alpha value is -2.75. The first-order valence-electron chi connectivity index (χ1n) is 9.50. The number of aromatic amines is 1. The number of hydrogen-bond donors (Lipinski definition) is 2. The first kappa shape index (κ1) is 17.4. The number of aliphatic hydroxyl groups excluding tert-OH is 1. The van der Waals surface area contributed by atoms with Gasteiger partial charge in [0.05, 0.1) is 31.2 Å². The van der Waals surface area contributed by atoms with Crippen molar-refractivity contribution in [3.8, 4) is 11.4 Å². The zero-order valence-electron chi connectivity index (χ0n) is 15.4. The van der Waals surface area contributed by atoms with Gasteiger partial charge >= 0.3 is 0 Å². The number of morpholine rings is 1. The maximum Gasteiger partial charge on any atom is 0.237 e. The Bertz CT molecular complexity index is 958. The molecular formula is C19H22N6O3. The van der Waals surface area contributed by atoms with Gasteiger partial charge in [-0.3, -0.25) is 10.1 Å². The summed E-state index contributed by atoms with van der Waals surface area (Å²) in [6.45, 7) is 4.16. The van der Waals surface area contributed by atoms with E-state index in [9.17, 15) is 5.11 Å². The predicted octanol–water partition coefficient (Wildman–Crippen LogP) is 1.36. The highest BCUT2D eigenvalue weighted by molar-refractivity contribution is 6.00. The molecule has 146 valence electrons. The standard InChI is InChI=1S/C19H22N6O3/c26-19-25(6-1-9-28-19)15-12-16(24-7-10-27-11-8-24)22-17-13(15)2-4-20-18(17)14-3-5-21-23-14/h2-5,12,19,26H,1,6-11H2,(H,21,23). The van der Waals surface area contributed by atoms with Crippen LogP contribution in [-0.2, 0) is 9.47 Å². The van der Waals surface area contributed by atoms with Gasteiger partial charge in [-0.25, -0.2) is 4.98 Å². The molecule has 2 N–H and O–H groups in total. The topological polar surface area (TPSA) is 99.6 Å². The van der Waals surface area contributed by atoms with Gasteiger partial charge in [0.25, 0.3) is 0 Å². The van der Waals surface area contributed by atoms with Crippen molar-refractivity contribution in [2.75, 3.05) is 49.3 Å². The van der Waals surface area contributed by atoms with Gasteiger partial charge in [-0.05, 0) is 18.6 Å². The van der Waals surface area contributed by atoms with Crippen LogP contribution in [0, 0.1) is 0 Å². The molecule has 0 bridgehead atoms. The highest BCUT2D eigenvalue weighted by Crippen LogP contribution is 2.35. The van der Waals surface area contributed by atoms with Crippen molar-refractivity contribution in [1.82, 2.24) is 20.2 Å². The molecule has 2 aliphatic heterocycles. The number of H-pyrrole nitrogens is 1. The minimum Gasteiger partial charge on any atom is -0.378 e. The molecule has 0 amide bonds. The third kappa shape index (κ3) is 3.07. The summed E-state index contributed by atoms with van der Waals surface area (Å²) in [7, 11) is 0. The number of fused-ring (bicyclic) bond motifs is 1. The van der Waals surface area contributed by atoms with Crippen molar-refractivity contribution < 1.29 is 14.6 Å². The van der Waals surface area contributed by atoms with Crippen LogP contribution in [0.15, 0.2) is 30.6 Å². The monoisotopic (exact) mass is 382 g/mol. The average molecular weight is 382 g/mol. The summed E-state index contributed by atoms with van der Waals surface area (Å²) in [5, 5.41) is 18.4. The molecular weight excluding hydrogens is 360 g/mol. The normalized spacial score (nSPS) is 20.7. The maximum absolute atomic E-state index is 10.5. The number of hydrogen-bond acceptors (Lipinski definition) is 8. The van der Waals surface area contributed by atoms with Gasteiger partial charge in [-0.1, -0.05) is 0 Å². The first-order chi connectivity index (χ1) is 13.8. The Morgan fingerprint density at radius 3 is 2.79 bits per heavy atom. The third-order valence-corrected chi connectivity index (χ3v) is 5.17. The number of ether oxygens (including phenoxy) is 2. The largest absolute Gasteiger partial charge is 0.378 e. The van der Waals surface area contributed by atoms with E-state index >= 15 is 0 Å². The lowest BCUT2D eigenvalue weighted by Crippen LogP contribution is -2.43. The second-order valence-electron chi connectivity index (χ2n) is 6.87. The Morgan fingerprint density at radius 1 is 1.11 bits per heavy atom. The Labute approximate surface area is 161 Å². The van der Waals surface area contributed by atoms with Gasteiger partial charge in [0, 0.05) is 43.5 Å². The van der Waals surface area contributed by atoms with Crippen LogP contribution < -0.4 is 9.80 Å². The lowest BCUT2D eigenvalue weighted by atomic mass is 10.1.